The van der Waals surface area contributed by atoms with Crippen LogP contribution < -0.4 is 0 Å². The van der Waals surface area contributed by atoms with Gasteiger partial charge in [0.1, 0.15) is 11.5 Å². The van der Waals surface area contributed by atoms with Crippen LogP contribution in [0.1, 0.15) is 49.1 Å². The molecule has 4 rings (SSSR count). The van der Waals surface area contributed by atoms with Gasteiger partial charge < -0.3 is 19.9 Å². The summed E-state index contributed by atoms with van der Waals surface area (Å²) in [5.74, 6) is 0.578. The van der Waals surface area contributed by atoms with E-state index in [1.54, 1.807) is 12.1 Å². The van der Waals surface area contributed by atoms with Gasteiger partial charge in [0.2, 0.25) is 0 Å². The van der Waals surface area contributed by atoms with Gasteiger partial charge in [0.05, 0.1) is 12.3 Å². The second-order valence-corrected chi connectivity index (χ2v) is 7.69. The Labute approximate surface area is 159 Å². The fourth-order valence-corrected chi connectivity index (χ4v) is 4.63. The summed E-state index contributed by atoms with van der Waals surface area (Å²) in [6.45, 7) is 2.59. The summed E-state index contributed by atoms with van der Waals surface area (Å²) in [6, 6.07) is 11.3. The fourth-order valence-electron chi connectivity index (χ4n) is 4.63. The second-order valence-electron chi connectivity index (χ2n) is 7.69. The molecule has 0 atom stereocenters. The molecule has 2 aromatic carbocycles. The highest BCUT2D eigenvalue weighted by Gasteiger charge is 2.27. The normalized spacial score (nSPS) is 15.5. The minimum atomic E-state index is 0.0354. The lowest BCUT2D eigenvalue weighted by atomic mass is 9.81. The number of aliphatic hydroxyl groups is 1. The minimum absolute atomic E-state index is 0.0354. The molecule has 0 aliphatic heterocycles. The SMILES string of the molecule is Cc1ccc2c(C3CCCCC3)c(-c3ccc(O)cc3O)n(CCO)c2c1. The maximum atomic E-state index is 10.6. The number of phenols is 2. The molecule has 4 heteroatoms. The lowest BCUT2D eigenvalue weighted by Crippen LogP contribution is -2.08. The summed E-state index contributed by atoms with van der Waals surface area (Å²) >= 11 is 0. The minimum Gasteiger partial charge on any atom is -0.508 e. The first kappa shape index (κ1) is 17.9. The average molecular weight is 365 g/mol. The number of hydrogen-bond acceptors (Lipinski definition) is 3. The molecule has 1 heterocycles. The largest absolute Gasteiger partial charge is 0.508 e. The van der Waals surface area contributed by atoms with Gasteiger partial charge >= 0.3 is 0 Å². The zero-order valence-corrected chi connectivity index (χ0v) is 15.8. The molecule has 27 heavy (non-hydrogen) atoms. The van der Waals surface area contributed by atoms with Gasteiger partial charge in [-0.1, -0.05) is 31.4 Å². The molecule has 0 spiro atoms. The number of hydrogen-bond donors (Lipinski definition) is 3. The van der Waals surface area contributed by atoms with E-state index in [0.29, 0.717) is 12.5 Å². The van der Waals surface area contributed by atoms with E-state index in [4.69, 9.17) is 0 Å². The topological polar surface area (TPSA) is 65.6 Å². The molecule has 3 N–H and O–H groups in total. The first-order valence-corrected chi connectivity index (χ1v) is 9.86. The predicted molar refractivity (Wildman–Crippen MR) is 108 cm³/mol. The quantitative estimate of drug-likeness (QED) is 0.605. The highest BCUT2D eigenvalue weighted by Crippen LogP contribution is 2.46. The van der Waals surface area contributed by atoms with E-state index in [1.165, 1.54) is 41.8 Å². The summed E-state index contributed by atoms with van der Waals surface area (Å²) in [6.07, 6.45) is 6.04. The van der Waals surface area contributed by atoms with Crippen LogP contribution >= 0.6 is 0 Å². The first-order valence-electron chi connectivity index (χ1n) is 9.86. The third-order valence-electron chi connectivity index (χ3n) is 5.83. The fraction of sp³-hybridized carbons (Fsp3) is 0.391. The van der Waals surface area contributed by atoms with Crippen LogP contribution in [0, 0.1) is 6.92 Å². The lowest BCUT2D eigenvalue weighted by molar-refractivity contribution is 0.278. The van der Waals surface area contributed by atoms with Crippen molar-refractivity contribution in [1.29, 1.82) is 0 Å². The molecular formula is C23H27NO3. The van der Waals surface area contributed by atoms with E-state index < -0.39 is 0 Å². The third kappa shape index (κ3) is 3.19. The molecule has 0 amide bonds. The van der Waals surface area contributed by atoms with Crippen LogP contribution in [0.25, 0.3) is 22.2 Å². The number of benzene rings is 2. The first-order chi connectivity index (χ1) is 13.1. The van der Waals surface area contributed by atoms with Gasteiger partial charge in [-0.05, 0) is 55.0 Å². The summed E-state index contributed by atoms with van der Waals surface area (Å²) < 4.78 is 2.14. The highest BCUT2D eigenvalue weighted by molar-refractivity contribution is 5.94. The Morgan fingerprint density at radius 2 is 1.78 bits per heavy atom. The smallest absolute Gasteiger partial charge is 0.128 e. The van der Waals surface area contributed by atoms with Crippen LogP contribution in [-0.2, 0) is 6.54 Å². The maximum Gasteiger partial charge on any atom is 0.128 e. The molecule has 4 nitrogen and oxygen atoms in total. The van der Waals surface area contributed by atoms with E-state index in [2.05, 4.69) is 29.7 Å². The van der Waals surface area contributed by atoms with Crippen molar-refractivity contribution in [3.63, 3.8) is 0 Å². The Bertz CT molecular complexity index is 967. The van der Waals surface area contributed by atoms with Gasteiger partial charge in [-0.25, -0.2) is 0 Å². The van der Waals surface area contributed by atoms with Crippen molar-refractivity contribution in [2.75, 3.05) is 6.61 Å². The monoisotopic (exact) mass is 365 g/mol. The Morgan fingerprint density at radius 3 is 2.48 bits per heavy atom. The standard InChI is InChI=1S/C23H27NO3/c1-15-7-9-18-20(13-15)24(11-12-25)23(19-10-8-17(26)14-21(19)27)22(18)16-5-3-2-4-6-16/h7-10,13-14,16,25-27H,2-6,11-12H2,1H3. The summed E-state index contributed by atoms with van der Waals surface area (Å²) in [4.78, 5) is 0. The molecule has 0 bridgehead atoms. The van der Waals surface area contributed by atoms with E-state index in [1.807, 2.05) is 0 Å². The van der Waals surface area contributed by atoms with E-state index in [-0.39, 0.29) is 18.1 Å². The number of aryl methyl sites for hydroxylation is 1. The summed E-state index contributed by atoms with van der Waals surface area (Å²) in [7, 11) is 0. The van der Waals surface area contributed by atoms with E-state index in [0.717, 1.165) is 29.6 Å². The number of aromatic nitrogens is 1. The van der Waals surface area contributed by atoms with Crippen molar-refractivity contribution in [1.82, 2.24) is 4.57 Å². The summed E-state index contributed by atoms with van der Waals surface area (Å²) in [5, 5.41) is 31.3. The number of phenolic OH excluding ortho intramolecular Hbond substituents is 2. The molecule has 1 aliphatic rings. The van der Waals surface area contributed by atoms with Crippen LogP contribution in [0.2, 0.25) is 0 Å². The van der Waals surface area contributed by atoms with E-state index in [9.17, 15) is 15.3 Å². The Balaban J connectivity index is 2.05. The third-order valence-corrected chi connectivity index (χ3v) is 5.83. The molecule has 1 aliphatic carbocycles. The van der Waals surface area contributed by atoms with Crippen LogP contribution in [0.3, 0.4) is 0 Å². The maximum absolute atomic E-state index is 10.6. The van der Waals surface area contributed by atoms with Crippen molar-refractivity contribution in [3.05, 3.63) is 47.5 Å². The van der Waals surface area contributed by atoms with Gasteiger partial charge in [-0.3, -0.25) is 0 Å². The molecule has 3 aromatic rings. The molecule has 1 saturated carbocycles. The lowest BCUT2D eigenvalue weighted by Gasteiger charge is -2.24. The van der Waals surface area contributed by atoms with E-state index >= 15 is 0 Å². The molecule has 1 fully saturated rings. The molecule has 142 valence electrons. The molecule has 0 unspecified atom stereocenters. The van der Waals surface area contributed by atoms with Crippen molar-refractivity contribution in [2.24, 2.45) is 0 Å². The van der Waals surface area contributed by atoms with Crippen LogP contribution in [0.15, 0.2) is 36.4 Å². The van der Waals surface area contributed by atoms with Crippen molar-refractivity contribution in [3.8, 4) is 22.8 Å². The average Bonchev–Trinajstić information content (AvgIpc) is 2.96. The number of aliphatic hydroxyl groups excluding tert-OH is 1. The van der Waals surface area contributed by atoms with Gasteiger partial charge in [0.15, 0.2) is 0 Å². The molecule has 1 aromatic heterocycles. The van der Waals surface area contributed by atoms with Gasteiger partial charge in [0, 0.05) is 29.1 Å². The van der Waals surface area contributed by atoms with Crippen molar-refractivity contribution < 1.29 is 15.3 Å². The van der Waals surface area contributed by atoms with Crippen LogP contribution in [0.4, 0.5) is 0 Å². The van der Waals surface area contributed by atoms with Crippen molar-refractivity contribution in [2.45, 2.75) is 51.5 Å². The Kier molecular flexibility index (Phi) is 4.83. The van der Waals surface area contributed by atoms with Crippen LogP contribution in [0.5, 0.6) is 11.5 Å². The van der Waals surface area contributed by atoms with Gasteiger partial charge in [0.25, 0.3) is 0 Å². The number of aromatic hydroxyl groups is 2. The molecular weight excluding hydrogens is 338 g/mol. The summed E-state index contributed by atoms with van der Waals surface area (Å²) in [5.41, 5.74) is 5.26. The van der Waals surface area contributed by atoms with Gasteiger partial charge in [-0.15, -0.1) is 0 Å². The predicted octanol–water partition coefficient (Wildman–Crippen LogP) is 5.07. The Hall–Kier alpha value is -2.46. The number of fused-ring (bicyclic) bond motifs is 1. The molecule has 0 saturated heterocycles. The number of nitrogens with zero attached hydrogens (tertiary/aromatic N) is 1. The zero-order valence-electron chi connectivity index (χ0n) is 15.8. The van der Waals surface area contributed by atoms with Gasteiger partial charge in [-0.2, -0.15) is 0 Å². The zero-order chi connectivity index (χ0) is 19.0. The second kappa shape index (κ2) is 7.28. The van der Waals surface area contributed by atoms with Crippen LogP contribution in [-0.4, -0.2) is 26.5 Å². The number of rotatable bonds is 4. The van der Waals surface area contributed by atoms with Crippen molar-refractivity contribution >= 4 is 10.9 Å². The molecule has 0 radical (unpaired) electrons. The Morgan fingerprint density at radius 1 is 1.00 bits per heavy atom. The highest BCUT2D eigenvalue weighted by atomic mass is 16.3.